The van der Waals surface area contributed by atoms with Crippen LogP contribution < -0.4 is 4.90 Å². The molecule has 1 aliphatic rings. The standard InChI is InChI=1S/C25H25ClN4O2S/c1-19-21(26)10-7-13-24(19)33(31,32)29-16-14-28(15-17-29)25-27-22-11-5-6-12-23(22)30(25)18-20-8-3-2-4-9-20/h2-13H,14-18H2,1H3. The fraction of sp³-hybridized carbons (Fsp3) is 0.240. The largest absolute Gasteiger partial charge is 0.340 e. The summed E-state index contributed by atoms with van der Waals surface area (Å²) in [4.78, 5) is 7.36. The first-order chi connectivity index (χ1) is 15.9. The molecule has 1 saturated heterocycles. The second-order valence-corrected chi connectivity index (χ2v) is 10.5. The van der Waals surface area contributed by atoms with Crippen LogP contribution in [0.25, 0.3) is 11.0 Å². The fourth-order valence-corrected chi connectivity index (χ4v) is 6.26. The van der Waals surface area contributed by atoms with Crippen molar-refractivity contribution in [2.75, 3.05) is 31.1 Å². The number of piperazine rings is 1. The van der Waals surface area contributed by atoms with Crippen LogP contribution in [0.3, 0.4) is 0 Å². The Kier molecular flexibility index (Phi) is 5.86. The Hall–Kier alpha value is -2.87. The van der Waals surface area contributed by atoms with Gasteiger partial charge in [-0.2, -0.15) is 4.31 Å². The van der Waals surface area contributed by atoms with Gasteiger partial charge in [0.05, 0.1) is 22.5 Å². The number of fused-ring (bicyclic) bond motifs is 1. The van der Waals surface area contributed by atoms with Crippen molar-refractivity contribution in [3.05, 3.63) is 88.9 Å². The number of halogens is 1. The summed E-state index contributed by atoms with van der Waals surface area (Å²) < 4.78 is 30.3. The number of anilines is 1. The number of hydrogen-bond donors (Lipinski definition) is 0. The average Bonchev–Trinajstić information content (AvgIpc) is 3.20. The van der Waals surface area contributed by atoms with Gasteiger partial charge in [-0.05, 0) is 42.3 Å². The van der Waals surface area contributed by atoms with Crippen LogP contribution in [0.4, 0.5) is 5.95 Å². The van der Waals surface area contributed by atoms with Gasteiger partial charge in [-0.1, -0.05) is 60.1 Å². The van der Waals surface area contributed by atoms with Crippen LogP contribution in [0.2, 0.25) is 5.02 Å². The summed E-state index contributed by atoms with van der Waals surface area (Å²) in [5, 5.41) is 0.462. The van der Waals surface area contributed by atoms with Gasteiger partial charge in [-0.3, -0.25) is 0 Å². The number of sulfonamides is 1. The second-order valence-electron chi connectivity index (χ2n) is 8.23. The van der Waals surface area contributed by atoms with E-state index in [1.807, 2.05) is 36.4 Å². The maximum absolute atomic E-state index is 13.3. The molecule has 4 aromatic rings. The quantitative estimate of drug-likeness (QED) is 0.420. The number of aromatic nitrogens is 2. The monoisotopic (exact) mass is 480 g/mol. The molecule has 2 heterocycles. The molecule has 0 unspecified atom stereocenters. The van der Waals surface area contributed by atoms with Gasteiger partial charge in [0.1, 0.15) is 0 Å². The van der Waals surface area contributed by atoms with Gasteiger partial charge in [0.2, 0.25) is 16.0 Å². The predicted molar refractivity (Wildman–Crippen MR) is 132 cm³/mol. The van der Waals surface area contributed by atoms with Crippen molar-refractivity contribution in [1.82, 2.24) is 13.9 Å². The molecule has 1 aliphatic heterocycles. The lowest BCUT2D eigenvalue weighted by atomic mass is 10.2. The summed E-state index contributed by atoms with van der Waals surface area (Å²) in [6.45, 7) is 4.37. The van der Waals surface area contributed by atoms with Gasteiger partial charge in [-0.15, -0.1) is 0 Å². The topological polar surface area (TPSA) is 58.4 Å². The molecule has 170 valence electrons. The first kappa shape index (κ1) is 21.9. The SMILES string of the molecule is Cc1c(Cl)cccc1S(=O)(=O)N1CCN(c2nc3ccccc3n2Cc2ccccc2)CC1. The van der Waals surface area contributed by atoms with Crippen molar-refractivity contribution in [1.29, 1.82) is 0 Å². The summed E-state index contributed by atoms with van der Waals surface area (Å²) in [5.41, 5.74) is 3.79. The van der Waals surface area contributed by atoms with E-state index in [0.717, 1.165) is 17.0 Å². The van der Waals surface area contributed by atoms with E-state index in [1.54, 1.807) is 29.4 Å². The molecular weight excluding hydrogens is 456 g/mol. The Morgan fingerprint density at radius 2 is 1.58 bits per heavy atom. The van der Waals surface area contributed by atoms with Crippen molar-refractivity contribution >= 4 is 38.6 Å². The summed E-state index contributed by atoms with van der Waals surface area (Å²) in [7, 11) is -3.61. The van der Waals surface area contributed by atoms with E-state index in [-0.39, 0.29) is 4.90 Å². The highest BCUT2D eigenvalue weighted by Crippen LogP contribution is 2.28. The molecule has 0 bridgehead atoms. The molecule has 0 atom stereocenters. The number of para-hydroxylation sites is 2. The van der Waals surface area contributed by atoms with Crippen LogP contribution in [-0.4, -0.2) is 48.5 Å². The molecule has 0 radical (unpaired) electrons. The fourth-order valence-electron chi connectivity index (χ4n) is 4.36. The first-order valence-electron chi connectivity index (χ1n) is 10.9. The van der Waals surface area contributed by atoms with Gasteiger partial charge in [0.15, 0.2) is 0 Å². The highest BCUT2D eigenvalue weighted by Gasteiger charge is 2.31. The lowest BCUT2D eigenvalue weighted by molar-refractivity contribution is 0.381. The third-order valence-electron chi connectivity index (χ3n) is 6.18. The molecule has 5 rings (SSSR count). The van der Waals surface area contributed by atoms with Gasteiger partial charge >= 0.3 is 0 Å². The molecule has 33 heavy (non-hydrogen) atoms. The minimum absolute atomic E-state index is 0.278. The lowest BCUT2D eigenvalue weighted by Crippen LogP contribution is -2.49. The zero-order valence-electron chi connectivity index (χ0n) is 18.4. The Morgan fingerprint density at radius 3 is 2.33 bits per heavy atom. The van der Waals surface area contributed by atoms with E-state index in [2.05, 4.69) is 27.7 Å². The van der Waals surface area contributed by atoms with Crippen molar-refractivity contribution in [3.63, 3.8) is 0 Å². The molecule has 0 aliphatic carbocycles. The van der Waals surface area contributed by atoms with Gasteiger partial charge < -0.3 is 9.47 Å². The summed E-state index contributed by atoms with van der Waals surface area (Å²) in [6, 6.07) is 23.4. The van der Waals surface area contributed by atoms with E-state index >= 15 is 0 Å². The van der Waals surface area contributed by atoms with E-state index in [9.17, 15) is 8.42 Å². The zero-order chi connectivity index (χ0) is 23.0. The summed E-state index contributed by atoms with van der Waals surface area (Å²) in [5.74, 6) is 0.871. The molecule has 0 saturated carbocycles. The van der Waals surface area contributed by atoms with Crippen LogP contribution in [0, 0.1) is 6.92 Å². The summed E-state index contributed by atoms with van der Waals surface area (Å²) in [6.07, 6.45) is 0. The molecule has 6 nitrogen and oxygen atoms in total. The molecule has 3 aromatic carbocycles. The van der Waals surface area contributed by atoms with Crippen molar-refractivity contribution in [2.45, 2.75) is 18.4 Å². The van der Waals surface area contributed by atoms with E-state index in [0.29, 0.717) is 43.3 Å². The van der Waals surface area contributed by atoms with E-state index < -0.39 is 10.0 Å². The van der Waals surface area contributed by atoms with Gasteiger partial charge in [0, 0.05) is 31.2 Å². The van der Waals surface area contributed by atoms with Crippen LogP contribution in [-0.2, 0) is 16.6 Å². The van der Waals surface area contributed by atoms with Gasteiger partial charge in [-0.25, -0.2) is 13.4 Å². The van der Waals surface area contributed by atoms with Crippen LogP contribution >= 0.6 is 11.6 Å². The van der Waals surface area contributed by atoms with E-state index in [1.165, 1.54) is 5.56 Å². The first-order valence-corrected chi connectivity index (χ1v) is 12.8. The van der Waals surface area contributed by atoms with Crippen molar-refractivity contribution < 1.29 is 8.42 Å². The smallest absolute Gasteiger partial charge is 0.243 e. The lowest BCUT2D eigenvalue weighted by Gasteiger charge is -2.35. The minimum atomic E-state index is -3.61. The van der Waals surface area contributed by atoms with Crippen molar-refractivity contribution in [2.24, 2.45) is 0 Å². The number of benzene rings is 3. The van der Waals surface area contributed by atoms with Gasteiger partial charge in [0.25, 0.3) is 0 Å². The molecule has 1 fully saturated rings. The number of nitrogens with zero attached hydrogens (tertiary/aromatic N) is 4. The molecule has 0 N–H and O–H groups in total. The Balaban J connectivity index is 1.42. The Labute approximate surface area is 199 Å². The maximum Gasteiger partial charge on any atom is 0.243 e. The second kappa shape index (κ2) is 8.82. The molecule has 1 aromatic heterocycles. The molecule has 0 amide bonds. The Bertz CT molecular complexity index is 1390. The Morgan fingerprint density at radius 1 is 0.879 bits per heavy atom. The number of rotatable bonds is 5. The average molecular weight is 481 g/mol. The molecule has 8 heteroatoms. The zero-order valence-corrected chi connectivity index (χ0v) is 19.9. The third-order valence-corrected chi connectivity index (χ3v) is 8.63. The minimum Gasteiger partial charge on any atom is -0.340 e. The third kappa shape index (κ3) is 4.12. The molecule has 0 spiro atoms. The van der Waals surface area contributed by atoms with Crippen LogP contribution in [0.1, 0.15) is 11.1 Å². The van der Waals surface area contributed by atoms with Crippen LogP contribution in [0.5, 0.6) is 0 Å². The predicted octanol–water partition coefficient (Wildman–Crippen LogP) is 4.56. The maximum atomic E-state index is 13.3. The normalized spacial score (nSPS) is 15.3. The summed E-state index contributed by atoms with van der Waals surface area (Å²) >= 11 is 6.18. The van der Waals surface area contributed by atoms with Crippen LogP contribution in [0.15, 0.2) is 77.7 Å². The number of hydrogen-bond acceptors (Lipinski definition) is 4. The molecular formula is C25H25ClN4O2S. The van der Waals surface area contributed by atoms with Crippen molar-refractivity contribution in [3.8, 4) is 0 Å². The number of imidazole rings is 1. The highest BCUT2D eigenvalue weighted by atomic mass is 35.5. The van der Waals surface area contributed by atoms with E-state index in [4.69, 9.17) is 16.6 Å². The highest BCUT2D eigenvalue weighted by molar-refractivity contribution is 7.89.